The molecule has 0 bridgehead atoms. The summed E-state index contributed by atoms with van der Waals surface area (Å²) < 4.78 is 6.45. The van der Waals surface area contributed by atoms with Crippen LogP contribution in [0.5, 0.6) is 0 Å². The lowest BCUT2D eigenvalue weighted by molar-refractivity contribution is 0.102. The lowest BCUT2D eigenvalue weighted by Crippen LogP contribution is -2.20. The number of rotatable bonds is 3. The first kappa shape index (κ1) is 17.4. The van der Waals surface area contributed by atoms with Gasteiger partial charge in [-0.2, -0.15) is 5.10 Å². The van der Waals surface area contributed by atoms with Crippen LogP contribution in [-0.4, -0.2) is 15.7 Å². The monoisotopic (exact) mass is 373 g/mol. The minimum absolute atomic E-state index is 0.0671. The van der Waals surface area contributed by atoms with E-state index in [4.69, 9.17) is 4.42 Å². The molecule has 0 aliphatic carbocycles. The molecule has 0 aliphatic rings. The van der Waals surface area contributed by atoms with Gasteiger partial charge in [0.2, 0.25) is 0 Å². The van der Waals surface area contributed by atoms with Crippen LogP contribution in [0.3, 0.4) is 0 Å². The zero-order valence-corrected chi connectivity index (χ0v) is 14.9. The summed E-state index contributed by atoms with van der Waals surface area (Å²) in [6.07, 6.45) is 0. The number of hydrogen-bond acceptors (Lipinski definition) is 5. The van der Waals surface area contributed by atoms with E-state index in [1.165, 1.54) is 16.8 Å². The first-order valence-electron chi connectivity index (χ1n) is 8.50. The van der Waals surface area contributed by atoms with E-state index in [2.05, 4.69) is 10.4 Å². The number of aryl methyl sites for hydroxylation is 1. The standard InChI is InChI=1S/C21H15N3O4/c1-24-19(25)11-10-17(23-24)13-6-8-15(9-7-13)22-20(26)16-12-14-4-2-3-5-18(14)28-21(16)27/h2-12H,1H3,(H,22,26). The minimum Gasteiger partial charge on any atom is -0.422 e. The van der Waals surface area contributed by atoms with Crippen LogP contribution in [0, 0.1) is 0 Å². The van der Waals surface area contributed by atoms with Crippen LogP contribution in [0.4, 0.5) is 5.69 Å². The van der Waals surface area contributed by atoms with Gasteiger partial charge in [-0.15, -0.1) is 0 Å². The second kappa shape index (κ2) is 6.96. The number of para-hydroxylation sites is 1. The number of aromatic nitrogens is 2. The van der Waals surface area contributed by atoms with Crippen LogP contribution >= 0.6 is 0 Å². The van der Waals surface area contributed by atoms with Crippen molar-refractivity contribution in [3.05, 3.63) is 93.1 Å². The molecule has 0 fully saturated rings. The highest BCUT2D eigenvalue weighted by Gasteiger charge is 2.14. The maximum absolute atomic E-state index is 12.5. The summed E-state index contributed by atoms with van der Waals surface area (Å²) in [5, 5.41) is 7.54. The molecule has 0 aliphatic heterocycles. The number of hydrogen-bond donors (Lipinski definition) is 1. The quantitative estimate of drug-likeness (QED) is 0.557. The van der Waals surface area contributed by atoms with Gasteiger partial charge >= 0.3 is 5.63 Å². The molecule has 0 saturated carbocycles. The normalized spacial score (nSPS) is 10.8. The van der Waals surface area contributed by atoms with Gasteiger partial charge in [0.1, 0.15) is 11.1 Å². The predicted molar refractivity (Wildman–Crippen MR) is 105 cm³/mol. The lowest BCUT2D eigenvalue weighted by Gasteiger charge is -2.07. The Bertz CT molecular complexity index is 1300. The molecule has 0 saturated heterocycles. The fourth-order valence-corrected chi connectivity index (χ4v) is 2.80. The Labute approximate surface area is 158 Å². The lowest BCUT2D eigenvalue weighted by atomic mass is 10.1. The second-order valence-corrected chi connectivity index (χ2v) is 6.20. The third-order valence-corrected chi connectivity index (χ3v) is 4.29. The van der Waals surface area contributed by atoms with Crippen molar-refractivity contribution < 1.29 is 9.21 Å². The molecule has 0 spiro atoms. The SMILES string of the molecule is Cn1nc(-c2ccc(NC(=O)c3cc4ccccc4oc3=O)cc2)ccc1=O. The summed E-state index contributed by atoms with van der Waals surface area (Å²) in [5.74, 6) is -0.549. The Balaban J connectivity index is 1.58. The molecule has 2 aromatic heterocycles. The average molecular weight is 373 g/mol. The Morgan fingerprint density at radius 2 is 1.75 bits per heavy atom. The smallest absolute Gasteiger partial charge is 0.349 e. The molecular formula is C21H15N3O4. The molecule has 1 N–H and O–H groups in total. The highest BCUT2D eigenvalue weighted by Crippen LogP contribution is 2.19. The van der Waals surface area contributed by atoms with E-state index in [1.807, 2.05) is 0 Å². The Morgan fingerprint density at radius 3 is 2.50 bits per heavy atom. The first-order chi connectivity index (χ1) is 13.5. The van der Waals surface area contributed by atoms with Gasteiger partial charge in [0.05, 0.1) is 5.69 Å². The summed E-state index contributed by atoms with van der Waals surface area (Å²) >= 11 is 0. The van der Waals surface area contributed by atoms with Crippen LogP contribution in [0.1, 0.15) is 10.4 Å². The van der Waals surface area contributed by atoms with E-state index >= 15 is 0 Å². The summed E-state index contributed by atoms with van der Waals surface area (Å²) in [5.41, 5.74) is 1.42. The topological polar surface area (TPSA) is 94.2 Å². The van der Waals surface area contributed by atoms with E-state index < -0.39 is 11.5 Å². The molecule has 2 aromatic carbocycles. The van der Waals surface area contributed by atoms with Crippen molar-refractivity contribution in [2.75, 3.05) is 5.32 Å². The van der Waals surface area contributed by atoms with E-state index in [0.717, 1.165) is 5.56 Å². The van der Waals surface area contributed by atoms with Gasteiger partial charge in [-0.05, 0) is 30.3 Å². The van der Waals surface area contributed by atoms with Gasteiger partial charge in [0.25, 0.3) is 11.5 Å². The number of nitrogens with one attached hydrogen (secondary N) is 1. The molecular weight excluding hydrogens is 358 g/mol. The largest absolute Gasteiger partial charge is 0.422 e. The average Bonchev–Trinajstić information content (AvgIpc) is 2.70. The van der Waals surface area contributed by atoms with Crippen molar-refractivity contribution in [2.45, 2.75) is 0 Å². The number of carbonyl (C=O) groups excluding carboxylic acids is 1. The first-order valence-corrected chi connectivity index (χ1v) is 8.50. The van der Waals surface area contributed by atoms with Gasteiger partial charge in [0.15, 0.2) is 0 Å². The summed E-state index contributed by atoms with van der Waals surface area (Å²) in [7, 11) is 1.58. The van der Waals surface area contributed by atoms with Crippen LogP contribution in [0.25, 0.3) is 22.2 Å². The highest BCUT2D eigenvalue weighted by atomic mass is 16.4. The molecule has 4 aromatic rings. The third-order valence-electron chi connectivity index (χ3n) is 4.29. The molecule has 7 nitrogen and oxygen atoms in total. The maximum atomic E-state index is 12.5. The van der Waals surface area contributed by atoms with Gasteiger partial charge in [-0.3, -0.25) is 9.59 Å². The molecule has 28 heavy (non-hydrogen) atoms. The predicted octanol–water partition coefficient (Wildman–Crippen LogP) is 2.81. The number of anilines is 1. The zero-order chi connectivity index (χ0) is 19.7. The van der Waals surface area contributed by atoms with E-state index in [-0.39, 0.29) is 11.1 Å². The zero-order valence-electron chi connectivity index (χ0n) is 14.9. The second-order valence-electron chi connectivity index (χ2n) is 6.20. The maximum Gasteiger partial charge on any atom is 0.349 e. The van der Waals surface area contributed by atoms with Crippen molar-refractivity contribution in [1.82, 2.24) is 9.78 Å². The Kier molecular flexibility index (Phi) is 4.33. The van der Waals surface area contributed by atoms with E-state index in [1.54, 1.807) is 61.6 Å². The van der Waals surface area contributed by atoms with Crippen LogP contribution in [-0.2, 0) is 7.05 Å². The number of nitrogens with zero attached hydrogens (tertiary/aromatic N) is 2. The van der Waals surface area contributed by atoms with Crippen LogP contribution in [0.2, 0.25) is 0 Å². The van der Waals surface area contributed by atoms with Gasteiger partial charge < -0.3 is 9.73 Å². The molecule has 0 radical (unpaired) electrons. The highest BCUT2D eigenvalue weighted by molar-refractivity contribution is 6.05. The van der Waals surface area contributed by atoms with Gasteiger partial charge in [0, 0.05) is 29.8 Å². The fraction of sp³-hybridized carbons (Fsp3) is 0.0476. The van der Waals surface area contributed by atoms with E-state index in [0.29, 0.717) is 22.4 Å². The van der Waals surface area contributed by atoms with Crippen LogP contribution in [0.15, 0.2) is 80.7 Å². The van der Waals surface area contributed by atoms with Crippen molar-refractivity contribution in [3.8, 4) is 11.3 Å². The number of benzene rings is 2. The molecule has 0 unspecified atom stereocenters. The molecule has 1 amide bonds. The number of carbonyl (C=O) groups is 1. The molecule has 138 valence electrons. The van der Waals surface area contributed by atoms with Crippen molar-refractivity contribution in [3.63, 3.8) is 0 Å². The number of fused-ring (bicyclic) bond motifs is 1. The van der Waals surface area contributed by atoms with Crippen LogP contribution < -0.4 is 16.5 Å². The van der Waals surface area contributed by atoms with Gasteiger partial charge in [-0.1, -0.05) is 30.3 Å². The Hall–Kier alpha value is -4.00. The molecule has 2 heterocycles. The molecule has 4 rings (SSSR count). The summed E-state index contributed by atoms with van der Waals surface area (Å²) in [6, 6.07) is 18.5. The van der Waals surface area contributed by atoms with Crippen molar-refractivity contribution in [1.29, 1.82) is 0 Å². The van der Waals surface area contributed by atoms with Crippen molar-refractivity contribution >= 4 is 22.6 Å². The summed E-state index contributed by atoms with van der Waals surface area (Å²) in [6.45, 7) is 0. The van der Waals surface area contributed by atoms with Crippen molar-refractivity contribution in [2.24, 2.45) is 7.05 Å². The minimum atomic E-state index is -0.692. The van der Waals surface area contributed by atoms with Gasteiger partial charge in [-0.25, -0.2) is 9.48 Å². The van der Waals surface area contributed by atoms with E-state index in [9.17, 15) is 14.4 Å². The fourth-order valence-electron chi connectivity index (χ4n) is 2.80. The number of amides is 1. The summed E-state index contributed by atoms with van der Waals surface area (Å²) in [4.78, 5) is 36.0. The molecule has 7 heteroatoms. The Morgan fingerprint density at radius 1 is 1.00 bits per heavy atom. The molecule has 0 atom stereocenters. The third kappa shape index (κ3) is 3.33.